The van der Waals surface area contributed by atoms with Crippen molar-refractivity contribution in [1.82, 2.24) is 14.5 Å². The van der Waals surface area contributed by atoms with Crippen molar-refractivity contribution in [2.24, 2.45) is 0 Å². The van der Waals surface area contributed by atoms with Crippen molar-refractivity contribution in [2.45, 2.75) is 13.5 Å². The number of carboxylic acids is 1. The summed E-state index contributed by atoms with van der Waals surface area (Å²) in [5.74, 6) is -0.518. The lowest BCUT2D eigenvalue weighted by Crippen LogP contribution is -2.24. The van der Waals surface area contributed by atoms with Crippen molar-refractivity contribution in [3.63, 3.8) is 0 Å². The van der Waals surface area contributed by atoms with Crippen molar-refractivity contribution in [1.29, 1.82) is 0 Å². The van der Waals surface area contributed by atoms with Crippen LogP contribution >= 0.6 is 27.3 Å². The number of hydrogen-bond donors (Lipinski definition) is 1. The first kappa shape index (κ1) is 12.9. The Morgan fingerprint density at radius 1 is 1.61 bits per heavy atom. The molecule has 0 aliphatic rings. The molecule has 6 nitrogen and oxygen atoms in total. The molecule has 18 heavy (non-hydrogen) atoms. The minimum atomic E-state index is -1.07. The summed E-state index contributed by atoms with van der Waals surface area (Å²) in [6.45, 7) is 1.92. The van der Waals surface area contributed by atoms with Crippen LogP contribution in [-0.2, 0) is 6.54 Å². The molecule has 0 spiro atoms. The summed E-state index contributed by atoms with van der Waals surface area (Å²) in [6.07, 6.45) is 1.44. The van der Waals surface area contributed by atoms with Crippen molar-refractivity contribution >= 4 is 33.2 Å². The SMILES string of the molecule is Cc1ncc(Br)c(=O)n1Cc1csc(C(=O)O)n1. The van der Waals surface area contributed by atoms with Crippen molar-refractivity contribution in [2.75, 3.05) is 0 Å². The van der Waals surface area contributed by atoms with Crippen LogP contribution in [0.3, 0.4) is 0 Å². The molecule has 0 amide bonds. The molecule has 2 aromatic rings. The van der Waals surface area contributed by atoms with Gasteiger partial charge in [-0.2, -0.15) is 0 Å². The van der Waals surface area contributed by atoms with E-state index >= 15 is 0 Å². The molecule has 0 radical (unpaired) electrons. The molecular weight excluding hydrogens is 322 g/mol. The summed E-state index contributed by atoms with van der Waals surface area (Å²) in [6, 6.07) is 0. The topological polar surface area (TPSA) is 85.1 Å². The van der Waals surface area contributed by atoms with E-state index in [2.05, 4.69) is 25.9 Å². The van der Waals surface area contributed by atoms with E-state index in [1.165, 1.54) is 10.8 Å². The largest absolute Gasteiger partial charge is 0.476 e. The average Bonchev–Trinajstić information content (AvgIpc) is 2.78. The number of aromatic nitrogens is 3. The predicted octanol–water partition coefficient (Wildman–Crippen LogP) is 1.52. The van der Waals surface area contributed by atoms with Crippen LogP contribution in [0.2, 0.25) is 0 Å². The van der Waals surface area contributed by atoms with Crippen LogP contribution in [0.25, 0.3) is 0 Å². The van der Waals surface area contributed by atoms with E-state index in [0.29, 0.717) is 16.0 Å². The number of hydrogen-bond acceptors (Lipinski definition) is 5. The summed E-state index contributed by atoms with van der Waals surface area (Å²) < 4.78 is 1.80. The monoisotopic (exact) mass is 329 g/mol. The highest BCUT2D eigenvalue weighted by molar-refractivity contribution is 9.10. The highest BCUT2D eigenvalue weighted by Gasteiger charge is 2.11. The van der Waals surface area contributed by atoms with Crippen LogP contribution in [0.15, 0.2) is 20.8 Å². The summed E-state index contributed by atoms with van der Waals surface area (Å²) in [5, 5.41) is 10.4. The number of rotatable bonds is 3. The zero-order valence-corrected chi connectivity index (χ0v) is 11.7. The molecule has 2 aromatic heterocycles. The minimum absolute atomic E-state index is 0.0126. The number of halogens is 1. The molecule has 0 unspecified atom stereocenters. The van der Waals surface area contributed by atoms with Crippen LogP contribution < -0.4 is 5.56 Å². The predicted molar refractivity (Wildman–Crippen MR) is 69.1 cm³/mol. The molecule has 0 bridgehead atoms. The Balaban J connectivity index is 2.37. The zero-order valence-electron chi connectivity index (χ0n) is 9.25. The quantitative estimate of drug-likeness (QED) is 0.922. The standard InChI is InChI=1S/C10H8BrN3O3S/c1-5-12-2-7(11)9(15)14(5)3-6-4-18-8(13-6)10(16)17/h2,4H,3H2,1H3,(H,16,17). The van der Waals surface area contributed by atoms with Gasteiger partial charge in [-0.25, -0.2) is 14.8 Å². The third-order valence-corrected chi connectivity index (χ3v) is 3.68. The van der Waals surface area contributed by atoms with E-state index in [1.54, 1.807) is 12.3 Å². The highest BCUT2D eigenvalue weighted by Crippen LogP contribution is 2.11. The normalized spacial score (nSPS) is 10.6. The Morgan fingerprint density at radius 2 is 2.33 bits per heavy atom. The van der Waals surface area contributed by atoms with Gasteiger partial charge in [0.25, 0.3) is 5.56 Å². The first-order valence-corrected chi connectivity index (χ1v) is 6.56. The lowest BCUT2D eigenvalue weighted by atomic mass is 10.4. The van der Waals surface area contributed by atoms with Crippen molar-refractivity contribution in [3.8, 4) is 0 Å². The Morgan fingerprint density at radius 3 is 2.94 bits per heavy atom. The Kier molecular flexibility index (Phi) is 3.58. The van der Waals surface area contributed by atoms with Crippen LogP contribution in [0.5, 0.6) is 0 Å². The second kappa shape index (κ2) is 4.99. The second-order valence-corrected chi connectivity index (χ2v) is 5.21. The van der Waals surface area contributed by atoms with Gasteiger partial charge in [-0.3, -0.25) is 9.36 Å². The Bertz CT molecular complexity index is 665. The molecular formula is C10H8BrN3O3S. The number of carbonyl (C=O) groups is 1. The van der Waals surface area contributed by atoms with Gasteiger partial charge in [-0.15, -0.1) is 11.3 Å². The summed E-state index contributed by atoms with van der Waals surface area (Å²) >= 11 is 4.15. The van der Waals surface area contributed by atoms with Crippen molar-refractivity contribution in [3.05, 3.63) is 42.9 Å². The van der Waals surface area contributed by atoms with Gasteiger partial charge in [0.2, 0.25) is 5.01 Å². The van der Waals surface area contributed by atoms with Gasteiger partial charge >= 0.3 is 5.97 Å². The molecule has 0 aromatic carbocycles. The first-order valence-electron chi connectivity index (χ1n) is 4.88. The third kappa shape index (κ3) is 2.49. The molecule has 0 aliphatic heterocycles. The van der Waals surface area contributed by atoms with E-state index < -0.39 is 5.97 Å². The molecule has 8 heteroatoms. The Labute approximate surface area is 114 Å². The van der Waals surface area contributed by atoms with E-state index in [0.717, 1.165) is 11.3 Å². The molecule has 1 N–H and O–H groups in total. The summed E-state index contributed by atoms with van der Waals surface area (Å²) in [7, 11) is 0. The smallest absolute Gasteiger partial charge is 0.365 e. The van der Waals surface area contributed by atoms with E-state index in [-0.39, 0.29) is 17.1 Å². The van der Waals surface area contributed by atoms with E-state index in [9.17, 15) is 9.59 Å². The molecule has 0 saturated heterocycles. The van der Waals surface area contributed by atoms with Gasteiger partial charge in [-0.1, -0.05) is 0 Å². The lowest BCUT2D eigenvalue weighted by Gasteiger charge is -2.07. The maximum Gasteiger partial charge on any atom is 0.365 e. The molecule has 0 saturated carbocycles. The van der Waals surface area contributed by atoms with Crippen LogP contribution in [0.4, 0.5) is 0 Å². The van der Waals surface area contributed by atoms with Crippen LogP contribution in [0.1, 0.15) is 21.3 Å². The molecule has 2 rings (SSSR count). The van der Waals surface area contributed by atoms with Crippen molar-refractivity contribution < 1.29 is 9.90 Å². The number of thiazole rings is 1. The van der Waals surface area contributed by atoms with Gasteiger partial charge in [-0.05, 0) is 22.9 Å². The number of carboxylic acid groups (broad SMARTS) is 1. The minimum Gasteiger partial charge on any atom is -0.476 e. The number of aromatic carboxylic acids is 1. The van der Waals surface area contributed by atoms with Gasteiger partial charge in [0.1, 0.15) is 10.3 Å². The van der Waals surface area contributed by atoms with Crippen LogP contribution in [-0.4, -0.2) is 25.6 Å². The molecule has 0 atom stereocenters. The fourth-order valence-electron chi connectivity index (χ4n) is 1.38. The summed E-state index contributed by atoms with van der Waals surface area (Å²) in [5.41, 5.74) is 0.315. The molecule has 0 fully saturated rings. The summed E-state index contributed by atoms with van der Waals surface area (Å²) in [4.78, 5) is 30.6. The van der Waals surface area contributed by atoms with E-state index in [4.69, 9.17) is 5.11 Å². The van der Waals surface area contributed by atoms with E-state index in [1.807, 2.05) is 0 Å². The fraction of sp³-hybridized carbons (Fsp3) is 0.200. The molecule has 94 valence electrons. The second-order valence-electron chi connectivity index (χ2n) is 3.49. The fourth-order valence-corrected chi connectivity index (χ4v) is 2.34. The maximum absolute atomic E-state index is 11.9. The van der Waals surface area contributed by atoms with Gasteiger partial charge < -0.3 is 5.11 Å². The number of nitrogens with zero attached hydrogens (tertiary/aromatic N) is 3. The van der Waals surface area contributed by atoms with Crippen LogP contribution in [0, 0.1) is 6.92 Å². The average molecular weight is 330 g/mol. The molecule has 2 heterocycles. The highest BCUT2D eigenvalue weighted by atomic mass is 79.9. The number of aryl methyl sites for hydroxylation is 1. The van der Waals surface area contributed by atoms with Gasteiger partial charge in [0.15, 0.2) is 0 Å². The Hall–Kier alpha value is -1.54. The maximum atomic E-state index is 11.9. The van der Waals surface area contributed by atoms with Gasteiger partial charge in [0, 0.05) is 11.6 Å². The lowest BCUT2D eigenvalue weighted by molar-refractivity contribution is 0.0696. The van der Waals surface area contributed by atoms with Gasteiger partial charge in [0.05, 0.1) is 12.2 Å². The molecule has 0 aliphatic carbocycles. The zero-order chi connectivity index (χ0) is 13.3. The first-order chi connectivity index (χ1) is 8.49. The third-order valence-electron chi connectivity index (χ3n) is 2.26.